The fourth-order valence-electron chi connectivity index (χ4n) is 4.77. The van der Waals surface area contributed by atoms with Crippen LogP contribution in [0, 0.1) is 0 Å². The van der Waals surface area contributed by atoms with Crippen LogP contribution in [0.25, 0.3) is 21.9 Å². The molecule has 9 nitrogen and oxygen atoms in total. The van der Waals surface area contributed by atoms with E-state index < -0.39 is 8.38 Å². The zero-order chi connectivity index (χ0) is 26.5. The fraction of sp³-hybridized carbons (Fsp3) is 0.429. The van der Waals surface area contributed by atoms with Crippen molar-refractivity contribution in [1.29, 1.82) is 0 Å². The molecule has 1 aliphatic heterocycles. The van der Waals surface area contributed by atoms with E-state index >= 15 is 0 Å². The molecule has 0 radical (unpaired) electrons. The van der Waals surface area contributed by atoms with Gasteiger partial charge in [0.1, 0.15) is 5.52 Å². The maximum Gasteiger partial charge on any atom is 0.175 e. The predicted molar refractivity (Wildman–Crippen MR) is 151 cm³/mol. The van der Waals surface area contributed by atoms with E-state index in [1.54, 1.807) is 14.2 Å². The highest BCUT2D eigenvalue weighted by Crippen LogP contribution is 2.42. The minimum Gasteiger partial charge on any atom is -0.493 e. The average Bonchev–Trinajstić information content (AvgIpc) is 3.37. The molecule has 0 spiro atoms. The Morgan fingerprint density at radius 1 is 0.921 bits per heavy atom. The number of nitrogens with zero attached hydrogens (tertiary/aromatic N) is 4. The van der Waals surface area contributed by atoms with Gasteiger partial charge >= 0.3 is 0 Å². The van der Waals surface area contributed by atoms with Crippen molar-refractivity contribution in [2.24, 2.45) is 0 Å². The highest BCUT2D eigenvalue weighted by molar-refractivity contribution is 7.46. The number of benzene rings is 2. The molecule has 0 unspecified atom stereocenters. The third-order valence-corrected chi connectivity index (χ3v) is 8.29. The largest absolute Gasteiger partial charge is 0.493 e. The van der Waals surface area contributed by atoms with E-state index in [0.717, 1.165) is 47.0 Å². The monoisotopic (exact) mass is 538 g/mol. The molecule has 0 atom stereocenters. The van der Waals surface area contributed by atoms with Crippen LogP contribution in [0.2, 0.25) is 0 Å². The molecule has 0 aliphatic carbocycles. The number of imidazole rings is 1. The van der Waals surface area contributed by atoms with Crippen LogP contribution in [0.15, 0.2) is 42.7 Å². The van der Waals surface area contributed by atoms with Crippen molar-refractivity contribution in [3.8, 4) is 11.5 Å². The van der Waals surface area contributed by atoms with Crippen LogP contribution in [0.1, 0.15) is 25.0 Å². The van der Waals surface area contributed by atoms with Crippen molar-refractivity contribution >= 4 is 36.1 Å². The van der Waals surface area contributed by atoms with E-state index in [0.29, 0.717) is 44.5 Å². The standard InChI is InChI=1S/C28H35N4O5P/c1-5-36-38(37-6-2)18-21-9-7-20(8-10-21)17-32-19-29-26-27(32)22-15-24(33-3)25(34-4)16-23(22)30-28(26)31-11-13-35-14-12-31/h7-10,15-16,19H,5-6,11-14,17-18H2,1-4H3. The first kappa shape index (κ1) is 26.6. The summed E-state index contributed by atoms with van der Waals surface area (Å²) in [5, 5.41) is 0.975. The number of morpholine rings is 1. The van der Waals surface area contributed by atoms with E-state index in [1.165, 1.54) is 11.1 Å². The summed E-state index contributed by atoms with van der Waals surface area (Å²) in [5.74, 6) is 2.19. The second-order valence-corrected chi connectivity index (χ2v) is 10.5. The molecule has 3 heterocycles. The Morgan fingerprint density at radius 2 is 1.58 bits per heavy atom. The Kier molecular flexibility index (Phi) is 8.59. The zero-order valence-corrected chi connectivity index (χ0v) is 23.4. The Hall–Kier alpha value is -2.97. The molecule has 38 heavy (non-hydrogen) atoms. The third-order valence-electron chi connectivity index (χ3n) is 6.58. The van der Waals surface area contributed by atoms with Crippen LogP contribution < -0.4 is 14.4 Å². The zero-order valence-electron chi connectivity index (χ0n) is 22.5. The number of aromatic nitrogens is 3. The van der Waals surface area contributed by atoms with E-state index in [-0.39, 0.29) is 0 Å². The summed E-state index contributed by atoms with van der Waals surface area (Å²) < 4.78 is 30.5. The molecule has 0 N–H and O–H groups in total. The summed E-state index contributed by atoms with van der Waals surface area (Å²) in [5.41, 5.74) is 5.14. The van der Waals surface area contributed by atoms with Crippen LogP contribution in [-0.2, 0) is 26.5 Å². The summed E-state index contributed by atoms with van der Waals surface area (Å²) in [7, 11) is 2.39. The smallest absolute Gasteiger partial charge is 0.175 e. The van der Waals surface area contributed by atoms with Crippen LogP contribution in [0.3, 0.4) is 0 Å². The maximum atomic E-state index is 5.78. The van der Waals surface area contributed by atoms with E-state index in [9.17, 15) is 0 Å². The second-order valence-electron chi connectivity index (χ2n) is 8.97. The van der Waals surface area contributed by atoms with Gasteiger partial charge in [-0.2, -0.15) is 0 Å². The number of methoxy groups -OCH3 is 2. The molecule has 2 aromatic carbocycles. The molecule has 0 saturated carbocycles. The van der Waals surface area contributed by atoms with Crippen LogP contribution >= 0.6 is 8.38 Å². The Labute approximate surface area is 224 Å². The fourth-order valence-corrected chi connectivity index (χ4v) is 6.12. The SMILES string of the molecule is CCOP(Cc1ccc(Cn2cnc3c(N4CCOCC4)nc4cc(OC)c(OC)cc4c32)cc1)OCC. The lowest BCUT2D eigenvalue weighted by molar-refractivity contribution is 0.122. The summed E-state index contributed by atoms with van der Waals surface area (Å²) in [6.45, 7) is 8.91. The van der Waals surface area contributed by atoms with E-state index in [4.69, 9.17) is 33.2 Å². The Morgan fingerprint density at radius 3 is 2.24 bits per heavy atom. The number of fused-ring (bicyclic) bond motifs is 3. The molecule has 1 fully saturated rings. The van der Waals surface area contributed by atoms with Gasteiger partial charge in [-0.05, 0) is 31.0 Å². The normalized spacial score (nSPS) is 14.1. The summed E-state index contributed by atoms with van der Waals surface area (Å²) in [6.07, 6.45) is 2.69. The number of pyridine rings is 1. The minimum absolute atomic E-state index is 0.653. The Balaban J connectivity index is 1.52. The second kappa shape index (κ2) is 12.3. The van der Waals surface area contributed by atoms with E-state index in [1.807, 2.05) is 32.3 Å². The van der Waals surface area contributed by atoms with Crippen molar-refractivity contribution in [2.75, 3.05) is 58.6 Å². The van der Waals surface area contributed by atoms with Crippen LogP contribution in [0.4, 0.5) is 5.82 Å². The maximum absolute atomic E-state index is 5.78. The van der Waals surface area contributed by atoms with Gasteiger partial charge in [-0.1, -0.05) is 24.3 Å². The van der Waals surface area contributed by atoms with Crippen molar-refractivity contribution < 1.29 is 23.3 Å². The van der Waals surface area contributed by atoms with Gasteiger partial charge in [-0.3, -0.25) is 0 Å². The number of ether oxygens (including phenoxy) is 3. The van der Waals surface area contributed by atoms with Gasteiger partial charge < -0.3 is 32.7 Å². The molecular weight excluding hydrogens is 503 g/mol. The molecular formula is C28H35N4O5P. The van der Waals surface area contributed by atoms with Crippen LogP contribution in [-0.4, -0.2) is 68.3 Å². The number of rotatable bonds is 11. The van der Waals surface area contributed by atoms with E-state index in [2.05, 4.69) is 33.7 Å². The first-order valence-electron chi connectivity index (χ1n) is 13.0. The van der Waals surface area contributed by atoms with Crippen molar-refractivity contribution in [3.63, 3.8) is 0 Å². The number of anilines is 1. The molecule has 4 aromatic rings. The molecule has 1 aliphatic rings. The van der Waals surface area contributed by atoms with Gasteiger partial charge in [-0.25, -0.2) is 9.97 Å². The quantitative estimate of drug-likeness (QED) is 0.236. The number of hydrogen-bond acceptors (Lipinski definition) is 8. The lowest BCUT2D eigenvalue weighted by atomic mass is 10.1. The van der Waals surface area contributed by atoms with Crippen molar-refractivity contribution in [1.82, 2.24) is 14.5 Å². The molecule has 5 rings (SSSR count). The number of hydrogen-bond donors (Lipinski definition) is 0. The van der Waals surface area contributed by atoms with Crippen molar-refractivity contribution in [3.05, 3.63) is 53.9 Å². The van der Waals surface area contributed by atoms with Gasteiger partial charge in [0.05, 0.1) is 58.0 Å². The van der Waals surface area contributed by atoms with Gasteiger partial charge in [0.25, 0.3) is 0 Å². The molecule has 10 heteroatoms. The highest BCUT2D eigenvalue weighted by atomic mass is 31.2. The summed E-state index contributed by atoms with van der Waals surface area (Å²) in [6, 6.07) is 12.6. The molecule has 2 aromatic heterocycles. The molecule has 1 saturated heterocycles. The lowest BCUT2D eigenvalue weighted by Gasteiger charge is -2.28. The average molecular weight is 539 g/mol. The molecule has 202 valence electrons. The Bertz CT molecular complexity index is 1370. The molecule has 0 bridgehead atoms. The first-order chi connectivity index (χ1) is 18.6. The van der Waals surface area contributed by atoms with Gasteiger partial charge in [0.15, 0.2) is 25.7 Å². The van der Waals surface area contributed by atoms with Gasteiger partial charge in [-0.15, -0.1) is 0 Å². The first-order valence-corrected chi connectivity index (χ1v) is 14.4. The van der Waals surface area contributed by atoms with Gasteiger partial charge in [0, 0.05) is 37.2 Å². The molecule has 0 amide bonds. The van der Waals surface area contributed by atoms with Crippen molar-refractivity contribution in [2.45, 2.75) is 26.6 Å². The predicted octanol–water partition coefficient (Wildman–Crippen LogP) is 5.37. The third kappa shape index (κ3) is 5.57. The minimum atomic E-state index is -0.908. The summed E-state index contributed by atoms with van der Waals surface area (Å²) in [4.78, 5) is 12.1. The van der Waals surface area contributed by atoms with Gasteiger partial charge in [0.2, 0.25) is 0 Å². The summed E-state index contributed by atoms with van der Waals surface area (Å²) >= 11 is 0. The highest BCUT2D eigenvalue weighted by Gasteiger charge is 2.22. The van der Waals surface area contributed by atoms with Crippen LogP contribution in [0.5, 0.6) is 11.5 Å². The topological polar surface area (TPSA) is 80.1 Å². The lowest BCUT2D eigenvalue weighted by Crippen LogP contribution is -2.37.